The summed E-state index contributed by atoms with van der Waals surface area (Å²) in [6.07, 6.45) is -0.572. The molecular weight excluding hydrogens is 511 g/mol. The molecule has 1 unspecified atom stereocenters. The fraction of sp³-hybridized carbons (Fsp3) is 0.280. The van der Waals surface area contributed by atoms with Gasteiger partial charge >= 0.3 is 6.18 Å². The SMILES string of the molecule is CN1CCC(N(C)c2nc(O)c(C(=Cc3ccc(Cl)cc3C(F)(F)F)c3ccc4[nH]ncc4c3)s2)C1. The third-order valence-corrected chi connectivity index (χ3v) is 7.83. The van der Waals surface area contributed by atoms with Crippen molar-refractivity contribution in [1.82, 2.24) is 20.1 Å². The molecule has 0 bridgehead atoms. The van der Waals surface area contributed by atoms with Crippen LogP contribution in [0.25, 0.3) is 22.6 Å². The van der Waals surface area contributed by atoms with E-state index in [1.807, 2.05) is 18.0 Å². The zero-order valence-corrected chi connectivity index (χ0v) is 21.0. The maximum Gasteiger partial charge on any atom is 0.417 e. The number of fused-ring (bicyclic) bond motifs is 1. The van der Waals surface area contributed by atoms with Crippen LogP contribution in [0.5, 0.6) is 5.88 Å². The van der Waals surface area contributed by atoms with Gasteiger partial charge in [-0.05, 0) is 61.5 Å². The van der Waals surface area contributed by atoms with Crippen molar-refractivity contribution >= 4 is 50.6 Å². The van der Waals surface area contributed by atoms with Gasteiger partial charge in [-0.1, -0.05) is 35.1 Å². The second-order valence-electron chi connectivity index (χ2n) is 8.92. The van der Waals surface area contributed by atoms with E-state index < -0.39 is 11.7 Å². The molecule has 1 aliphatic heterocycles. The minimum Gasteiger partial charge on any atom is -0.492 e. The lowest BCUT2D eigenvalue weighted by atomic mass is 9.98. The number of nitrogens with zero attached hydrogens (tertiary/aromatic N) is 4. The predicted octanol–water partition coefficient (Wildman–Crippen LogP) is 6.13. The summed E-state index contributed by atoms with van der Waals surface area (Å²) >= 11 is 7.14. The summed E-state index contributed by atoms with van der Waals surface area (Å²) in [6.45, 7) is 1.83. The number of aromatic amines is 1. The number of aromatic nitrogens is 3. The first-order valence-corrected chi connectivity index (χ1v) is 12.4. The van der Waals surface area contributed by atoms with Crippen LogP contribution in [-0.4, -0.2) is 58.4 Å². The highest BCUT2D eigenvalue weighted by Gasteiger charge is 2.34. The summed E-state index contributed by atoms with van der Waals surface area (Å²) < 4.78 is 41.6. The molecule has 1 aliphatic rings. The van der Waals surface area contributed by atoms with Crippen LogP contribution in [0.3, 0.4) is 0 Å². The second-order valence-corrected chi connectivity index (χ2v) is 10.3. The van der Waals surface area contributed by atoms with Crippen LogP contribution in [0.4, 0.5) is 18.3 Å². The van der Waals surface area contributed by atoms with Crippen molar-refractivity contribution < 1.29 is 18.3 Å². The number of H-pyrrole nitrogens is 1. The Morgan fingerprint density at radius 2 is 2.08 bits per heavy atom. The highest BCUT2D eigenvalue weighted by Crippen LogP contribution is 2.42. The Bertz CT molecular complexity index is 1450. The van der Waals surface area contributed by atoms with Gasteiger partial charge in [0.05, 0.1) is 17.3 Å². The number of aromatic hydroxyl groups is 1. The number of anilines is 1. The lowest BCUT2D eigenvalue weighted by Gasteiger charge is -2.23. The van der Waals surface area contributed by atoms with Crippen molar-refractivity contribution in [3.63, 3.8) is 0 Å². The van der Waals surface area contributed by atoms with Gasteiger partial charge in [0.1, 0.15) is 4.88 Å². The average Bonchev–Trinajstić information content (AvgIpc) is 3.56. The highest BCUT2D eigenvalue weighted by atomic mass is 35.5. The molecule has 4 aromatic rings. The molecule has 1 atom stereocenters. The van der Waals surface area contributed by atoms with Crippen molar-refractivity contribution in [2.45, 2.75) is 18.6 Å². The van der Waals surface area contributed by atoms with Gasteiger partial charge in [0.2, 0.25) is 5.88 Å². The molecule has 11 heteroatoms. The average molecular weight is 534 g/mol. The third-order valence-electron chi connectivity index (χ3n) is 6.43. The van der Waals surface area contributed by atoms with Gasteiger partial charge < -0.3 is 14.9 Å². The van der Waals surface area contributed by atoms with Gasteiger partial charge in [0.15, 0.2) is 5.13 Å². The first kappa shape index (κ1) is 24.6. The van der Waals surface area contributed by atoms with E-state index in [0.717, 1.165) is 36.5 Å². The molecule has 1 fully saturated rings. The summed E-state index contributed by atoms with van der Waals surface area (Å²) in [6, 6.07) is 9.30. The van der Waals surface area contributed by atoms with Crippen LogP contribution in [0, 0.1) is 0 Å². The largest absolute Gasteiger partial charge is 0.492 e. The lowest BCUT2D eigenvalue weighted by molar-refractivity contribution is -0.137. The zero-order chi connectivity index (χ0) is 25.6. The molecule has 0 radical (unpaired) electrons. The number of hydrogen-bond acceptors (Lipinski definition) is 6. The van der Waals surface area contributed by atoms with Gasteiger partial charge in [-0.25, -0.2) is 0 Å². The maximum absolute atomic E-state index is 13.9. The summed E-state index contributed by atoms with van der Waals surface area (Å²) in [4.78, 5) is 9.02. The molecule has 1 saturated heterocycles. The molecule has 0 aliphatic carbocycles. The minimum atomic E-state index is -4.61. The van der Waals surface area contributed by atoms with Gasteiger partial charge in [-0.3, -0.25) is 5.10 Å². The summed E-state index contributed by atoms with van der Waals surface area (Å²) in [5, 5.41) is 19.2. The maximum atomic E-state index is 13.9. The van der Waals surface area contributed by atoms with E-state index in [-0.39, 0.29) is 22.5 Å². The second kappa shape index (κ2) is 9.42. The van der Waals surface area contributed by atoms with Gasteiger partial charge in [0, 0.05) is 35.6 Å². The summed E-state index contributed by atoms with van der Waals surface area (Å²) in [7, 11) is 3.98. The third kappa shape index (κ3) is 4.80. The van der Waals surface area contributed by atoms with E-state index in [1.54, 1.807) is 18.3 Å². The van der Waals surface area contributed by atoms with Crippen LogP contribution >= 0.6 is 22.9 Å². The number of benzene rings is 2. The molecule has 188 valence electrons. The fourth-order valence-corrected chi connectivity index (χ4v) is 5.66. The molecule has 2 aromatic carbocycles. The predicted molar refractivity (Wildman–Crippen MR) is 138 cm³/mol. The number of halogens is 4. The Morgan fingerprint density at radius 3 is 2.81 bits per heavy atom. The Morgan fingerprint density at radius 1 is 1.28 bits per heavy atom. The van der Waals surface area contributed by atoms with Crippen LogP contribution in [0.1, 0.15) is 28.0 Å². The van der Waals surface area contributed by atoms with Gasteiger partial charge in [-0.15, -0.1) is 0 Å². The van der Waals surface area contributed by atoms with Gasteiger partial charge in [-0.2, -0.15) is 23.3 Å². The summed E-state index contributed by atoms with van der Waals surface area (Å²) in [5.74, 6) is -0.228. The lowest BCUT2D eigenvalue weighted by Crippen LogP contribution is -2.33. The van der Waals surface area contributed by atoms with E-state index in [4.69, 9.17) is 11.6 Å². The Kier molecular flexibility index (Phi) is 6.44. The fourth-order valence-electron chi connectivity index (χ4n) is 4.46. The number of hydrogen-bond donors (Lipinski definition) is 2. The normalized spacial score (nSPS) is 17.3. The standard InChI is InChI=1S/C25H23ClF3N5OS/c1-33-8-7-18(13-33)34(2)24-31-23(35)22(36-24)19(14-4-6-21-16(9-14)12-30-32-21)10-15-3-5-17(26)11-20(15)25(27,28)29/h3-6,9-12,18,35H,7-8,13H2,1-2H3,(H,30,32). The van der Waals surface area contributed by atoms with Crippen molar-refractivity contribution in [2.24, 2.45) is 0 Å². The molecule has 0 amide bonds. The number of likely N-dealkylation sites (N-methyl/N-ethyl adjacent to an activating group) is 2. The number of nitrogens with one attached hydrogen (secondary N) is 1. The molecule has 6 nitrogen and oxygen atoms in total. The van der Waals surface area contributed by atoms with E-state index >= 15 is 0 Å². The Hall–Kier alpha value is -3.08. The molecule has 0 spiro atoms. The Balaban J connectivity index is 1.66. The van der Waals surface area contributed by atoms with E-state index in [2.05, 4.69) is 27.1 Å². The molecule has 3 heterocycles. The monoisotopic (exact) mass is 533 g/mol. The topological polar surface area (TPSA) is 68.3 Å². The summed E-state index contributed by atoms with van der Waals surface area (Å²) in [5.41, 5.74) is 0.922. The van der Waals surface area contributed by atoms with Gasteiger partial charge in [0.25, 0.3) is 0 Å². The first-order valence-electron chi connectivity index (χ1n) is 11.2. The molecule has 5 rings (SSSR count). The number of alkyl halides is 3. The van der Waals surface area contributed by atoms with Crippen molar-refractivity contribution in [3.05, 3.63) is 69.2 Å². The molecule has 0 saturated carbocycles. The molecular formula is C25H23ClF3N5OS. The molecule has 36 heavy (non-hydrogen) atoms. The quantitative estimate of drug-likeness (QED) is 0.302. The smallest absolute Gasteiger partial charge is 0.417 e. The van der Waals surface area contributed by atoms with Crippen molar-refractivity contribution in [3.8, 4) is 5.88 Å². The number of rotatable bonds is 5. The Labute approximate surface area is 214 Å². The number of thiazole rings is 1. The zero-order valence-electron chi connectivity index (χ0n) is 19.5. The molecule has 2 N–H and O–H groups in total. The number of likely N-dealkylation sites (tertiary alicyclic amines) is 1. The van der Waals surface area contributed by atoms with Crippen LogP contribution in [-0.2, 0) is 6.18 Å². The van der Waals surface area contributed by atoms with Crippen LogP contribution < -0.4 is 4.90 Å². The van der Waals surface area contributed by atoms with E-state index in [1.165, 1.54) is 29.5 Å². The van der Waals surface area contributed by atoms with E-state index in [0.29, 0.717) is 21.1 Å². The highest BCUT2D eigenvalue weighted by molar-refractivity contribution is 7.17. The van der Waals surface area contributed by atoms with Crippen molar-refractivity contribution in [2.75, 3.05) is 32.1 Å². The first-order chi connectivity index (χ1) is 17.1. The van der Waals surface area contributed by atoms with Crippen LogP contribution in [0.2, 0.25) is 5.02 Å². The van der Waals surface area contributed by atoms with Crippen molar-refractivity contribution in [1.29, 1.82) is 0 Å². The van der Waals surface area contributed by atoms with Crippen LogP contribution in [0.15, 0.2) is 42.6 Å². The molecule has 2 aromatic heterocycles. The minimum absolute atomic E-state index is 0.00748. The van der Waals surface area contributed by atoms with E-state index in [9.17, 15) is 18.3 Å².